The van der Waals surface area contributed by atoms with Crippen molar-refractivity contribution in [2.45, 2.75) is 18.9 Å². The molecule has 34 heavy (non-hydrogen) atoms. The number of allylic oxidation sites excluding steroid dienone is 1. The molecular weight excluding hydrogens is 456 g/mol. The van der Waals surface area contributed by atoms with Crippen LogP contribution in [0.3, 0.4) is 0 Å². The molecule has 8 heteroatoms. The van der Waals surface area contributed by atoms with Gasteiger partial charge in [-0.25, -0.2) is 18.6 Å². The molecule has 172 valence electrons. The van der Waals surface area contributed by atoms with E-state index in [0.717, 1.165) is 23.6 Å². The summed E-state index contributed by atoms with van der Waals surface area (Å²) in [5, 5.41) is 7.45. The summed E-state index contributed by atoms with van der Waals surface area (Å²) in [4.78, 5) is 0. The van der Waals surface area contributed by atoms with E-state index in [4.69, 9.17) is 28.5 Å². The van der Waals surface area contributed by atoms with Crippen molar-refractivity contribution < 1.29 is 33.6 Å². The Bertz CT molecular complexity index is 1410. The molecular formula is C26H21ClN2O5. The zero-order valence-corrected chi connectivity index (χ0v) is 19.0. The zero-order chi connectivity index (χ0) is 23.9. The van der Waals surface area contributed by atoms with E-state index in [2.05, 4.69) is 90.5 Å². The monoisotopic (exact) mass is 476 g/mol. The first-order valence-electron chi connectivity index (χ1n) is 10.8. The molecule has 2 heterocycles. The molecule has 3 aliphatic rings. The van der Waals surface area contributed by atoms with Crippen LogP contribution < -0.4 is 33.9 Å². The number of benzene rings is 3. The van der Waals surface area contributed by atoms with Crippen LogP contribution in [0.15, 0.2) is 90.0 Å². The van der Waals surface area contributed by atoms with E-state index in [1.54, 1.807) is 0 Å². The lowest BCUT2D eigenvalue weighted by molar-refractivity contribution is -2.00. The molecule has 7 nitrogen and oxygen atoms in total. The predicted molar refractivity (Wildman–Crippen MR) is 115 cm³/mol. The first-order valence-corrected chi connectivity index (χ1v) is 12.1. The van der Waals surface area contributed by atoms with Gasteiger partial charge in [-0.15, -0.1) is 10.2 Å². The third-order valence-corrected chi connectivity index (χ3v) is 6.03. The summed E-state index contributed by atoms with van der Waals surface area (Å²) in [5.74, 6) is 1.13. The molecule has 1 aliphatic carbocycles. The molecule has 0 amide bonds. The Morgan fingerprint density at radius 2 is 1.44 bits per heavy atom. The second-order valence-corrected chi connectivity index (χ2v) is 8.76. The van der Waals surface area contributed by atoms with E-state index < -0.39 is 10.2 Å². The molecule has 2 unspecified atom stereocenters. The summed E-state index contributed by atoms with van der Waals surface area (Å²) in [5.41, 5.74) is 6.06. The first kappa shape index (κ1) is 22.5. The van der Waals surface area contributed by atoms with Crippen molar-refractivity contribution in [1.29, 1.82) is 0 Å². The smallest absolute Gasteiger partial charge is 0.236 e. The molecule has 0 saturated carbocycles. The van der Waals surface area contributed by atoms with Gasteiger partial charge in [-0.3, -0.25) is 0 Å². The summed E-state index contributed by atoms with van der Waals surface area (Å²) in [6.07, 6.45) is 4.45. The van der Waals surface area contributed by atoms with Crippen LogP contribution in [0.1, 0.15) is 41.2 Å². The largest absolute Gasteiger partial charge is 0.480 e. The minimum absolute atomic E-state index is 0.0276. The Morgan fingerprint density at radius 1 is 0.824 bits per heavy atom. The lowest BCUT2D eigenvalue weighted by Crippen LogP contribution is -2.68. The van der Waals surface area contributed by atoms with E-state index >= 15 is 0 Å². The van der Waals surface area contributed by atoms with Gasteiger partial charge < -0.3 is 4.74 Å². The summed E-state index contributed by atoms with van der Waals surface area (Å²) < 4.78 is 42.6. The van der Waals surface area contributed by atoms with Crippen LogP contribution in [0.5, 0.6) is 0 Å². The maximum absolute atomic E-state index is 8.49. The number of hydrogen-bond donors (Lipinski definition) is 0. The molecule has 3 aromatic carbocycles. The van der Waals surface area contributed by atoms with E-state index in [-0.39, 0.29) is 12.0 Å². The Hall–Kier alpha value is -3.33. The first-order chi connectivity index (χ1) is 16.3. The molecule has 6 rings (SSSR count). The van der Waals surface area contributed by atoms with Gasteiger partial charge in [-0.2, -0.15) is 0 Å². The van der Waals surface area contributed by atoms with E-state index in [0.29, 0.717) is 0 Å². The van der Waals surface area contributed by atoms with Crippen molar-refractivity contribution in [2.24, 2.45) is 5.10 Å². The number of halogens is 1. The molecule has 2 atom stereocenters. The number of rotatable bonds is 3. The predicted octanol–water partition coefficient (Wildman–Crippen LogP) is -1.26. The van der Waals surface area contributed by atoms with Crippen LogP contribution in [0.2, 0.25) is 0 Å². The van der Waals surface area contributed by atoms with Gasteiger partial charge in [0.1, 0.15) is 17.6 Å². The highest BCUT2D eigenvalue weighted by Gasteiger charge is 2.39. The quantitative estimate of drug-likeness (QED) is 0.345. The van der Waals surface area contributed by atoms with Gasteiger partial charge in [0, 0.05) is 33.5 Å². The number of hydrazone groups is 1. The Morgan fingerprint density at radius 3 is 2.06 bits per heavy atom. The topological polar surface area (TPSA) is 117 Å². The number of nitrogens with zero attached hydrogens (tertiary/aromatic N) is 2. The van der Waals surface area contributed by atoms with Crippen LogP contribution in [0.25, 0.3) is 5.76 Å². The fourth-order valence-electron chi connectivity index (χ4n) is 4.75. The van der Waals surface area contributed by atoms with Crippen LogP contribution in [-0.2, 0) is 4.74 Å². The van der Waals surface area contributed by atoms with Crippen molar-refractivity contribution in [2.75, 3.05) is 6.54 Å². The highest BCUT2D eigenvalue weighted by atomic mass is 35.7. The van der Waals surface area contributed by atoms with Crippen molar-refractivity contribution in [3.8, 4) is 0 Å². The van der Waals surface area contributed by atoms with Crippen molar-refractivity contribution >= 4 is 11.5 Å². The highest BCUT2D eigenvalue weighted by molar-refractivity contribution is 6.07. The van der Waals surface area contributed by atoms with E-state index in [1.165, 1.54) is 27.3 Å². The summed E-state index contributed by atoms with van der Waals surface area (Å²) in [6, 6.07) is 25.3. The van der Waals surface area contributed by atoms with Gasteiger partial charge in [0.05, 0.1) is 5.92 Å². The van der Waals surface area contributed by atoms with Crippen molar-refractivity contribution in [3.63, 3.8) is 0 Å². The lowest BCUT2D eigenvalue weighted by Gasteiger charge is -2.25. The van der Waals surface area contributed by atoms with Gasteiger partial charge >= 0.3 is 0 Å². The Kier molecular flexibility index (Phi) is 5.81. The van der Waals surface area contributed by atoms with Gasteiger partial charge in [-0.05, 0) is 24.2 Å². The van der Waals surface area contributed by atoms with E-state index in [9.17, 15) is 0 Å². The molecule has 3 aromatic rings. The molecule has 2 aliphatic heterocycles. The Labute approximate surface area is 198 Å². The minimum Gasteiger partial charge on any atom is -0.480 e. The van der Waals surface area contributed by atoms with Crippen LogP contribution in [0.4, 0.5) is 0 Å². The zero-order valence-electron chi connectivity index (χ0n) is 18.3. The fourth-order valence-corrected chi connectivity index (χ4v) is 4.75. The maximum atomic E-state index is 8.49. The average Bonchev–Trinajstić information content (AvgIpc) is 3.22. The van der Waals surface area contributed by atoms with Crippen molar-refractivity contribution in [3.05, 3.63) is 118 Å². The summed E-state index contributed by atoms with van der Waals surface area (Å²) in [6.45, 7) is 2.99. The third-order valence-electron chi connectivity index (χ3n) is 6.03. The van der Waals surface area contributed by atoms with Gasteiger partial charge in [-0.1, -0.05) is 71.4 Å². The minimum atomic E-state index is -4.94. The van der Waals surface area contributed by atoms with E-state index in [1.807, 2.05) is 6.07 Å². The standard InChI is InChI=1S/C26H21N2O.ClHO4/c1-2-28-21-15-13-20-24-22(29-26(20)18-11-7-4-8-12-18)16-14-19(23(21)24)25(27-28)17-9-5-3-6-10-17;2-1(3,4)5/h3-16,19,22H,2H2,1H3;(H,2,3,4,5)/q+1;/p-1. The van der Waals surface area contributed by atoms with Crippen LogP contribution in [0, 0.1) is 10.2 Å². The summed E-state index contributed by atoms with van der Waals surface area (Å²) >= 11 is 0. The SMILES string of the molecule is CC[N+]1=c2ccc3c4c2C(C=CC4OC=3c2ccccc2)C(c2ccccc2)=N1.[O-][Cl+3]([O-])([O-])[O-]. The normalized spacial score (nSPS) is 19.6. The van der Waals surface area contributed by atoms with Crippen LogP contribution >= 0.6 is 0 Å². The second-order valence-electron chi connectivity index (χ2n) is 8.00. The Balaban J connectivity index is 0.000000439. The number of ether oxygens (including phenoxy) is 1. The third kappa shape index (κ3) is 4.16. The molecule has 0 radical (unpaired) electrons. The van der Waals surface area contributed by atoms with Crippen LogP contribution in [-0.4, -0.2) is 12.3 Å². The van der Waals surface area contributed by atoms with Gasteiger partial charge in [0.2, 0.25) is 5.36 Å². The number of hydrogen-bond acceptors (Lipinski definition) is 6. The molecule has 0 saturated heterocycles. The second kappa shape index (κ2) is 8.79. The highest BCUT2D eigenvalue weighted by Crippen LogP contribution is 2.39. The molecule has 0 fully saturated rings. The van der Waals surface area contributed by atoms with Gasteiger partial charge in [0.25, 0.3) is 0 Å². The molecule has 0 N–H and O–H groups in total. The van der Waals surface area contributed by atoms with Crippen molar-refractivity contribution in [1.82, 2.24) is 4.68 Å². The summed E-state index contributed by atoms with van der Waals surface area (Å²) in [7, 11) is -4.94. The fraction of sp³-hybridized carbons (Fsp3) is 0.154. The van der Waals surface area contributed by atoms with Gasteiger partial charge in [0.15, 0.2) is 6.54 Å². The molecule has 0 spiro atoms. The maximum Gasteiger partial charge on any atom is 0.236 e. The lowest BCUT2D eigenvalue weighted by atomic mass is 9.80. The average molecular weight is 477 g/mol. The molecule has 0 aromatic heterocycles. The molecule has 0 bridgehead atoms.